The molecule has 0 aliphatic heterocycles. The van der Waals surface area contributed by atoms with E-state index in [4.69, 9.17) is 9.47 Å². The molecule has 138 valence electrons. The van der Waals surface area contributed by atoms with Crippen molar-refractivity contribution >= 4 is 33.5 Å². The molecular weight excluding hydrogens is 398 g/mol. The molecule has 1 N–H and O–H groups in total. The van der Waals surface area contributed by atoms with Crippen molar-refractivity contribution in [3.63, 3.8) is 0 Å². The van der Waals surface area contributed by atoms with Crippen molar-refractivity contribution in [3.05, 3.63) is 57.6 Å². The highest BCUT2D eigenvalue weighted by molar-refractivity contribution is 9.10. The van der Waals surface area contributed by atoms with Crippen LogP contribution in [0.1, 0.15) is 23.6 Å². The number of hydrogen-bond acceptors (Lipinski definition) is 4. The normalized spacial score (nSPS) is 11.6. The van der Waals surface area contributed by atoms with E-state index in [1.54, 1.807) is 19.1 Å². The maximum atomic E-state index is 12.1. The van der Waals surface area contributed by atoms with Gasteiger partial charge in [-0.25, -0.2) is 4.79 Å². The van der Waals surface area contributed by atoms with Gasteiger partial charge in [0.15, 0.2) is 12.7 Å². The predicted molar refractivity (Wildman–Crippen MR) is 104 cm³/mol. The van der Waals surface area contributed by atoms with E-state index < -0.39 is 12.1 Å². The number of aryl methyl sites for hydroxylation is 3. The first-order chi connectivity index (χ1) is 12.3. The SMILES string of the molecule is Cc1cc(C)c(NC(=O)COC(=O)[C@H](C)Oc2ccc(Br)cc2)c(C)c1. The van der Waals surface area contributed by atoms with E-state index in [0.29, 0.717) is 5.75 Å². The van der Waals surface area contributed by atoms with E-state index in [0.717, 1.165) is 26.9 Å². The summed E-state index contributed by atoms with van der Waals surface area (Å²) < 4.78 is 11.5. The van der Waals surface area contributed by atoms with Gasteiger partial charge in [-0.2, -0.15) is 0 Å². The molecular formula is C20H22BrNO4. The fourth-order valence-corrected chi connectivity index (χ4v) is 2.84. The average molecular weight is 420 g/mol. The first-order valence-electron chi connectivity index (χ1n) is 8.23. The van der Waals surface area contributed by atoms with Gasteiger partial charge in [-0.1, -0.05) is 33.6 Å². The monoisotopic (exact) mass is 419 g/mol. The molecule has 0 unspecified atom stereocenters. The molecule has 2 aromatic carbocycles. The topological polar surface area (TPSA) is 64.6 Å². The average Bonchev–Trinajstić information content (AvgIpc) is 2.57. The number of nitrogens with one attached hydrogen (secondary N) is 1. The molecule has 0 fully saturated rings. The van der Waals surface area contributed by atoms with Crippen LogP contribution in [0.2, 0.25) is 0 Å². The van der Waals surface area contributed by atoms with Gasteiger partial charge in [0, 0.05) is 10.2 Å². The van der Waals surface area contributed by atoms with Crippen LogP contribution >= 0.6 is 15.9 Å². The summed E-state index contributed by atoms with van der Waals surface area (Å²) in [6, 6.07) is 11.1. The highest BCUT2D eigenvalue weighted by Crippen LogP contribution is 2.22. The molecule has 0 aliphatic rings. The summed E-state index contributed by atoms with van der Waals surface area (Å²) in [4.78, 5) is 24.1. The molecule has 0 heterocycles. The van der Waals surface area contributed by atoms with Crippen LogP contribution in [0.15, 0.2) is 40.9 Å². The van der Waals surface area contributed by atoms with Crippen molar-refractivity contribution in [1.29, 1.82) is 0 Å². The quantitative estimate of drug-likeness (QED) is 0.707. The largest absolute Gasteiger partial charge is 0.479 e. The zero-order valence-corrected chi connectivity index (χ0v) is 16.8. The molecule has 2 aromatic rings. The van der Waals surface area contributed by atoms with Gasteiger partial charge < -0.3 is 14.8 Å². The Balaban J connectivity index is 1.86. The van der Waals surface area contributed by atoms with Gasteiger partial charge >= 0.3 is 5.97 Å². The van der Waals surface area contributed by atoms with Crippen LogP contribution in [0.3, 0.4) is 0 Å². The molecule has 0 bridgehead atoms. The van der Waals surface area contributed by atoms with E-state index in [1.807, 2.05) is 45.0 Å². The van der Waals surface area contributed by atoms with E-state index in [1.165, 1.54) is 0 Å². The van der Waals surface area contributed by atoms with Gasteiger partial charge in [-0.3, -0.25) is 4.79 Å². The lowest BCUT2D eigenvalue weighted by atomic mass is 10.1. The van der Waals surface area contributed by atoms with Gasteiger partial charge in [0.25, 0.3) is 5.91 Å². The number of rotatable bonds is 6. The Morgan fingerprint density at radius 3 is 2.23 bits per heavy atom. The van der Waals surface area contributed by atoms with Crippen molar-refractivity contribution in [1.82, 2.24) is 0 Å². The molecule has 0 saturated carbocycles. The van der Waals surface area contributed by atoms with E-state index in [9.17, 15) is 9.59 Å². The molecule has 0 spiro atoms. The first kappa shape index (κ1) is 20.0. The van der Waals surface area contributed by atoms with Crippen LogP contribution < -0.4 is 10.1 Å². The summed E-state index contributed by atoms with van der Waals surface area (Å²) in [6.45, 7) is 7.07. The first-order valence-corrected chi connectivity index (χ1v) is 9.02. The van der Waals surface area contributed by atoms with E-state index in [2.05, 4.69) is 21.2 Å². The number of anilines is 1. The third-order valence-corrected chi connectivity index (χ3v) is 4.27. The summed E-state index contributed by atoms with van der Waals surface area (Å²) in [5.74, 6) is -0.433. The standard InChI is InChI=1S/C20H22BrNO4/c1-12-9-13(2)19(14(3)10-12)22-18(23)11-25-20(24)15(4)26-17-7-5-16(21)6-8-17/h5-10,15H,11H2,1-4H3,(H,22,23)/t15-/m0/s1. The number of carbonyl (C=O) groups is 2. The van der Waals surface area contributed by atoms with Gasteiger partial charge in [0.2, 0.25) is 0 Å². The lowest BCUT2D eigenvalue weighted by Gasteiger charge is -2.15. The summed E-state index contributed by atoms with van der Waals surface area (Å²) in [7, 11) is 0. The summed E-state index contributed by atoms with van der Waals surface area (Å²) in [6.07, 6.45) is -0.813. The number of halogens is 1. The maximum absolute atomic E-state index is 12.1. The molecule has 0 saturated heterocycles. The van der Waals surface area contributed by atoms with Crippen molar-refractivity contribution in [2.45, 2.75) is 33.8 Å². The second-order valence-corrected chi connectivity index (χ2v) is 7.06. The molecule has 0 aromatic heterocycles. The van der Waals surface area contributed by atoms with Crippen LogP contribution in [0.25, 0.3) is 0 Å². The van der Waals surface area contributed by atoms with E-state index in [-0.39, 0.29) is 12.5 Å². The van der Waals surface area contributed by atoms with Crippen LogP contribution in [0, 0.1) is 20.8 Å². The summed E-state index contributed by atoms with van der Waals surface area (Å²) in [5, 5.41) is 2.79. The van der Waals surface area contributed by atoms with Gasteiger partial charge in [0.05, 0.1) is 0 Å². The molecule has 0 aliphatic carbocycles. The second-order valence-electron chi connectivity index (χ2n) is 6.14. The lowest BCUT2D eigenvalue weighted by molar-refractivity contribution is -0.153. The van der Waals surface area contributed by atoms with Crippen LogP contribution in [-0.2, 0) is 14.3 Å². The minimum atomic E-state index is -0.813. The minimum Gasteiger partial charge on any atom is -0.479 e. The number of benzene rings is 2. The Hall–Kier alpha value is -2.34. The Bertz CT molecular complexity index is 779. The highest BCUT2D eigenvalue weighted by Gasteiger charge is 2.18. The Kier molecular flexibility index (Phi) is 6.80. The number of amides is 1. The van der Waals surface area contributed by atoms with Crippen molar-refractivity contribution in [2.24, 2.45) is 0 Å². The lowest BCUT2D eigenvalue weighted by Crippen LogP contribution is -2.30. The van der Waals surface area contributed by atoms with Crippen molar-refractivity contribution in [2.75, 3.05) is 11.9 Å². The van der Waals surface area contributed by atoms with E-state index >= 15 is 0 Å². The molecule has 6 heteroatoms. The van der Waals surface area contributed by atoms with Crippen LogP contribution in [-0.4, -0.2) is 24.6 Å². The van der Waals surface area contributed by atoms with Crippen molar-refractivity contribution in [3.8, 4) is 5.75 Å². The fraction of sp³-hybridized carbons (Fsp3) is 0.300. The number of hydrogen-bond donors (Lipinski definition) is 1. The molecule has 2 rings (SSSR count). The molecule has 1 amide bonds. The fourth-order valence-electron chi connectivity index (χ4n) is 2.57. The summed E-state index contributed by atoms with van der Waals surface area (Å²) in [5.41, 5.74) is 3.81. The Morgan fingerprint density at radius 2 is 1.65 bits per heavy atom. The highest BCUT2D eigenvalue weighted by atomic mass is 79.9. The van der Waals surface area contributed by atoms with Crippen LogP contribution in [0.4, 0.5) is 5.69 Å². The Morgan fingerprint density at radius 1 is 1.08 bits per heavy atom. The smallest absolute Gasteiger partial charge is 0.347 e. The molecule has 1 atom stereocenters. The molecule has 5 nitrogen and oxygen atoms in total. The summed E-state index contributed by atoms with van der Waals surface area (Å²) >= 11 is 3.33. The van der Waals surface area contributed by atoms with Gasteiger partial charge in [-0.15, -0.1) is 0 Å². The number of ether oxygens (including phenoxy) is 2. The van der Waals surface area contributed by atoms with Gasteiger partial charge in [0.1, 0.15) is 5.75 Å². The Labute approximate surface area is 161 Å². The third-order valence-electron chi connectivity index (χ3n) is 3.75. The minimum absolute atomic E-state index is 0.361. The number of carbonyl (C=O) groups excluding carboxylic acids is 2. The maximum Gasteiger partial charge on any atom is 0.347 e. The van der Waals surface area contributed by atoms with Crippen LogP contribution in [0.5, 0.6) is 5.75 Å². The third kappa shape index (κ3) is 5.59. The molecule has 26 heavy (non-hydrogen) atoms. The predicted octanol–water partition coefficient (Wildman–Crippen LogP) is 4.32. The van der Waals surface area contributed by atoms with Gasteiger partial charge in [-0.05, 0) is 63.1 Å². The zero-order valence-electron chi connectivity index (χ0n) is 15.3. The zero-order chi connectivity index (χ0) is 19.3. The van der Waals surface area contributed by atoms with Crippen molar-refractivity contribution < 1.29 is 19.1 Å². The second kappa shape index (κ2) is 8.85. The number of esters is 1. The molecule has 0 radical (unpaired) electrons.